The van der Waals surface area contributed by atoms with Gasteiger partial charge in [0, 0.05) is 29.7 Å². The molecule has 2 saturated carbocycles. The van der Waals surface area contributed by atoms with Gasteiger partial charge in [0.15, 0.2) is 23.1 Å². The molecule has 2 aliphatic carbocycles. The van der Waals surface area contributed by atoms with E-state index in [1.54, 1.807) is 18.3 Å². The van der Waals surface area contributed by atoms with Crippen molar-refractivity contribution in [3.63, 3.8) is 0 Å². The van der Waals surface area contributed by atoms with Crippen molar-refractivity contribution in [3.8, 4) is 28.7 Å². The molecule has 7 rings (SSSR count). The monoisotopic (exact) mass is 601 g/mol. The van der Waals surface area contributed by atoms with Crippen LogP contribution < -0.4 is 29.6 Å². The van der Waals surface area contributed by atoms with Gasteiger partial charge in [-0.15, -0.1) is 0 Å². The van der Waals surface area contributed by atoms with Gasteiger partial charge in [-0.05, 0) is 73.6 Å². The number of pyridine rings is 1. The highest BCUT2D eigenvalue weighted by Gasteiger charge is 2.56. The average Bonchev–Trinajstić information content (AvgIpc) is 3.95. The molecule has 2 fully saturated rings. The third kappa shape index (κ3) is 5.34. The molecule has 0 spiro atoms. The Bertz CT molecular complexity index is 1780. The van der Waals surface area contributed by atoms with E-state index < -0.39 is 28.9 Å². The van der Waals surface area contributed by atoms with E-state index in [2.05, 4.69) is 22.5 Å². The molecule has 0 saturated heterocycles. The molecular formula is C33H29F2N3O6. The van der Waals surface area contributed by atoms with Crippen LogP contribution in [0.3, 0.4) is 0 Å². The number of anilines is 2. The number of halogens is 2. The van der Waals surface area contributed by atoms with E-state index >= 15 is 4.39 Å². The van der Waals surface area contributed by atoms with Gasteiger partial charge in [-0.25, -0.2) is 8.78 Å². The zero-order chi connectivity index (χ0) is 30.4. The summed E-state index contributed by atoms with van der Waals surface area (Å²) in [6.45, 7) is 3.45. The summed E-state index contributed by atoms with van der Waals surface area (Å²) in [7, 11) is 0. The molecule has 3 aliphatic rings. The smallest absolute Gasteiger partial charge is 0.240 e. The quantitative estimate of drug-likeness (QED) is 0.212. The molecule has 2 N–H and O–H groups in total. The molecule has 1 aliphatic heterocycles. The number of carbonyl (C=O) groups excluding carboxylic acids is 2. The van der Waals surface area contributed by atoms with Crippen LogP contribution in [0.5, 0.6) is 28.7 Å². The molecule has 1 aromatic heterocycles. The maximum Gasteiger partial charge on any atom is 0.240 e. The second-order valence-electron chi connectivity index (χ2n) is 11.5. The van der Waals surface area contributed by atoms with Gasteiger partial charge >= 0.3 is 0 Å². The van der Waals surface area contributed by atoms with Crippen molar-refractivity contribution >= 4 is 34.1 Å². The Morgan fingerprint density at radius 2 is 1.59 bits per heavy atom. The number of hydrogen-bond donors (Lipinski definition) is 2. The van der Waals surface area contributed by atoms with Crippen LogP contribution in [-0.2, 0) is 9.59 Å². The fourth-order valence-corrected chi connectivity index (χ4v) is 5.29. The van der Waals surface area contributed by atoms with Gasteiger partial charge in [0.05, 0.1) is 17.5 Å². The largest absolute Gasteiger partial charge is 0.489 e. The second-order valence-corrected chi connectivity index (χ2v) is 11.5. The van der Waals surface area contributed by atoms with Crippen LogP contribution in [0.25, 0.3) is 10.9 Å². The summed E-state index contributed by atoms with van der Waals surface area (Å²) in [5.74, 6) is 0.589. The van der Waals surface area contributed by atoms with Crippen LogP contribution in [0, 0.1) is 28.9 Å². The summed E-state index contributed by atoms with van der Waals surface area (Å²) in [6.07, 6.45) is 3.37. The molecule has 4 aromatic rings. The van der Waals surface area contributed by atoms with Crippen LogP contribution in [0.4, 0.5) is 20.2 Å². The summed E-state index contributed by atoms with van der Waals surface area (Å²) in [6, 6.07) is 12.7. The fourth-order valence-electron chi connectivity index (χ4n) is 5.29. The van der Waals surface area contributed by atoms with Gasteiger partial charge in [-0.3, -0.25) is 14.6 Å². The third-order valence-corrected chi connectivity index (χ3v) is 8.30. The van der Waals surface area contributed by atoms with Gasteiger partial charge in [0.25, 0.3) is 0 Å². The SMILES string of the molecule is CC1CC1COc1cc2nccc(Oc3ccc(NC(=O)C4(C(=O)Nc5ccc(F)cc5)CC4)cc3F)c2c2c1OCCO2. The third-order valence-electron chi connectivity index (χ3n) is 8.30. The fraction of sp³-hybridized carbons (Fsp3) is 0.303. The Kier molecular flexibility index (Phi) is 6.95. The van der Waals surface area contributed by atoms with Crippen molar-refractivity contribution in [2.24, 2.45) is 17.3 Å². The first kappa shape index (κ1) is 27.9. The Balaban J connectivity index is 1.08. The van der Waals surface area contributed by atoms with Gasteiger partial charge in [0.2, 0.25) is 17.6 Å². The molecule has 0 radical (unpaired) electrons. The average molecular weight is 602 g/mol. The normalized spacial score (nSPS) is 19.2. The van der Waals surface area contributed by atoms with Crippen LogP contribution in [0.2, 0.25) is 0 Å². The maximum atomic E-state index is 15.3. The zero-order valence-electron chi connectivity index (χ0n) is 23.8. The summed E-state index contributed by atoms with van der Waals surface area (Å²) in [5, 5.41) is 5.81. The number of aromatic nitrogens is 1. The van der Waals surface area contributed by atoms with Crippen molar-refractivity contribution < 1.29 is 37.3 Å². The van der Waals surface area contributed by atoms with Gasteiger partial charge in [0.1, 0.15) is 30.2 Å². The first-order valence-corrected chi connectivity index (χ1v) is 14.5. The van der Waals surface area contributed by atoms with Gasteiger partial charge in [-0.1, -0.05) is 6.92 Å². The predicted molar refractivity (Wildman–Crippen MR) is 157 cm³/mol. The first-order valence-electron chi connectivity index (χ1n) is 14.5. The lowest BCUT2D eigenvalue weighted by molar-refractivity contribution is -0.131. The molecule has 2 heterocycles. The van der Waals surface area contributed by atoms with Gasteiger partial charge in [-0.2, -0.15) is 0 Å². The predicted octanol–water partition coefficient (Wildman–Crippen LogP) is 6.47. The lowest BCUT2D eigenvalue weighted by atomic mass is 10.0. The van der Waals surface area contributed by atoms with E-state index in [1.807, 2.05) is 0 Å². The number of amides is 2. The molecule has 44 heavy (non-hydrogen) atoms. The minimum atomic E-state index is -1.28. The van der Waals surface area contributed by atoms with E-state index in [1.165, 1.54) is 36.4 Å². The molecule has 2 amide bonds. The number of hydrogen-bond acceptors (Lipinski definition) is 7. The number of ether oxygens (including phenoxy) is 4. The van der Waals surface area contributed by atoms with Crippen LogP contribution in [0.1, 0.15) is 26.2 Å². The molecule has 226 valence electrons. The lowest BCUT2D eigenvalue weighted by Crippen LogP contribution is -2.35. The van der Waals surface area contributed by atoms with E-state index in [-0.39, 0.29) is 11.4 Å². The molecule has 9 nitrogen and oxygen atoms in total. The second kappa shape index (κ2) is 11.0. The Morgan fingerprint density at radius 1 is 0.909 bits per heavy atom. The van der Waals surface area contributed by atoms with Gasteiger partial charge < -0.3 is 29.6 Å². The number of benzene rings is 3. The van der Waals surface area contributed by atoms with Crippen LogP contribution in [0.15, 0.2) is 60.8 Å². The molecule has 2 unspecified atom stereocenters. The number of nitrogens with zero attached hydrogens (tertiary/aromatic N) is 1. The van der Waals surface area contributed by atoms with Crippen molar-refractivity contribution in [2.45, 2.75) is 26.2 Å². The number of rotatable bonds is 9. The van der Waals surface area contributed by atoms with Crippen LogP contribution in [-0.4, -0.2) is 36.6 Å². The highest BCUT2D eigenvalue weighted by Crippen LogP contribution is 2.50. The van der Waals surface area contributed by atoms with E-state index in [0.29, 0.717) is 84.1 Å². The molecule has 3 aromatic carbocycles. The topological polar surface area (TPSA) is 108 Å². The maximum absolute atomic E-state index is 15.3. The minimum absolute atomic E-state index is 0.0841. The summed E-state index contributed by atoms with van der Waals surface area (Å²) in [4.78, 5) is 30.4. The van der Waals surface area contributed by atoms with E-state index in [9.17, 15) is 14.0 Å². The molecule has 2 atom stereocenters. The minimum Gasteiger partial charge on any atom is -0.489 e. The molecular weight excluding hydrogens is 572 g/mol. The zero-order valence-corrected chi connectivity index (χ0v) is 23.8. The number of nitrogens with one attached hydrogen (secondary N) is 2. The first-order chi connectivity index (χ1) is 21.3. The van der Waals surface area contributed by atoms with Crippen molar-refractivity contribution in [3.05, 3.63) is 72.4 Å². The highest BCUT2D eigenvalue weighted by atomic mass is 19.1. The van der Waals surface area contributed by atoms with Crippen molar-refractivity contribution in [2.75, 3.05) is 30.5 Å². The van der Waals surface area contributed by atoms with E-state index in [0.717, 1.165) is 12.5 Å². The molecule has 11 heteroatoms. The van der Waals surface area contributed by atoms with Crippen molar-refractivity contribution in [1.29, 1.82) is 0 Å². The highest BCUT2D eigenvalue weighted by molar-refractivity contribution is 6.16. The number of carbonyl (C=O) groups is 2. The number of fused-ring (bicyclic) bond motifs is 3. The van der Waals surface area contributed by atoms with Crippen molar-refractivity contribution in [1.82, 2.24) is 4.98 Å². The summed E-state index contributed by atoms with van der Waals surface area (Å²) < 4.78 is 52.5. The Morgan fingerprint density at radius 3 is 2.27 bits per heavy atom. The standard InChI is InChI=1S/C33H29F2N3O6/c1-18-14-19(18)17-43-27-16-24-28(30-29(27)41-12-13-42-30)26(8-11-36-24)44-25-7-6-22(15-23(25)35)38-32(40)33(9-10-33)31(39)37-21-4-2-20(34)3-5-21/h2-8,11,15-16,18-19H,9-10,12-14,17H2,1H3,(H,37,39)(H,38,40). The van der Waals surface area contributed by atoms with Crippen LogP contribution >= 0.6 is 0 Å². The lowest BCUT2D eigenvalue weighted by Gasteiger charge is -2.23. The summed E-state index contributed by atoms with van der Waals surface area (Å²) in [5.41, 5.74) is -0.192. The summed E-state index contributed by atoms with van der Waals surface area (Å²) >= 11 is 0. The Hall–Kier alpha value is -4.93. The molecule has 0 bridgehead atoms. The van der Waals surface area contributed by atoms with E-state index in [4.69, 9.17) is 18.9 Å². The Labute approximate surface area is 251 Å².